The van der Waals surface area contributed by atoms with E-state index in [1.165, 1.54) is 24.3 Å². The average molecular weight is 598 g/mol. The fourth-order valence-electron chi connectivity index (χ4n) is 4.13. The molecule has 0 saturated heterocycles. The van der Waals surface area contributed by atoms with Gasteiger partial charge in [0.2, 0.25) is 10.0 Å². The van der Waals surface area contributed by atoms with Crippen LogP contribution in [0.3, 0.4) is 0 Å². The van der Waals surface area contributed by atoms with Crippen molar-refractivity contribution in [2.24, 2.45) is 0 Å². The van der Waals surface area contributed by atoms with E-state index < -0.39 is 46.2 Å². The molecule has 0 aliphatic carbocycles. The minimum Gasteiger partial charge on any atom is -0.481 e. The second-order valence-corrected chi connectivity index (χ2v) is 11.0. The molecular weight excluding hydrogens is 571 g/mol. The van der Waals surface area contributed by atoms with Gasteiger partial charge in [-0.2, -0.15) is 13.2 Å². The molecule has 0 bridgehead atoms. The summed E-state index contributed by atoms with van der Waals surface area (Å²) in [6.07, 6.45) is -4.89. The van der Waals surface area contributed by atoms with Crippen LogP contribution in [0, 0.1) is 0 Å². The van der Waals surface area contributed by atoms with E-state index in [0.29, 0.717) is 27.9 Å². The van der Waals surface area contributed by atoms with Crippen molar-refractivity contribution in [2.45, 2.75) is 30.1 Å². The van der Waals surface area contributed by atoms with E-state index in [-0.39, 0.29) is 11.4 Å². The highest BCUT2D eigenvalue weighted by atomic mass is 32.2. The molecule has 2 amide bonds. The second-order valence-electron chi connectivity index (χ2n) is 9.29. The number of sulfonamides is 1. The third kappa shape index (κ3) is 8.18. The van der Waals surface area contributed by atoms with Gasteiger partial charge in [0.25, 0.3) is 0 Å². The Morgan fingerprint density at radius 1 is 0.810 bits per heavy atom. The molecule has 0 saturated carbocycles. The largest absolute Gasteiger partial charge is 0.481 e. The number of alkyl halides is 3. The van der Waals surface area contributed by atoms with Crippen LogP contribution in [0.5, 0.6) is 0 Å². The van der Waals surface area contributed by atoms with Crippen LogP contribution in [0.15, 0.2) is 108 Å². The smallest absolute Gasteiger partial charge is 0.416 e. The molecule has 4 N–H and O–H groups in total. The average Bonchev–Trinajstić information content (AvgIpc) is 2.96. The Labute approximate surface area is 240 Å². The van der Waals surface area contributed by atoms with E-state index in [1.807, 2.05) is 0 Å². The van der Waals surface area contributed by atoms with Gasteiger partial charge in [0.05, 0.1) is 22.9 Å². The Kier molecular flexibility index (Phi) is 9.28. The Morgan fingerprint density at radius 2 is 1.45 bits per heavy atom. The van der Waals surface area contributed by atoms with Gasteiger partial charge in [-0.25, -0.2) is 17.9 Å². The number of hydrogen-bond donors (Lipinski definition) is 4. The molecule has 42 heavy (non-hydrogen) atoms. The molecule has 0 unspecified atom stereocenters. The zero-order valence-electron chi connectivity index (χ0n) is 21.9. The van der Waals surface area contributed by atoms with Crippen molar-refractivity contribution < 1.29 is 36.3 Å². The van der Waals surface area contributed by atoms with Crippen molar-refractivity contribution in [3.05, 3.63) is 120 Å². The van der Waals surface area contributed by atoms with Crippen LogP contribution < -0.4 is 15.4 Å². The Hall–Kier alpha value is -4.68. The van der Waals surface area contributed by atoms with Gasteiger partial charge in [-0.1, -0.05) is 66.7 Å². The van der Waals surface area contributed by atoms with Crippen molar-refractivity contribution in [3.8, 4) is 11.1 Å². The number of hydrogen-bond acceptors (Lipinski definition) is 4. The molecule has 4 rings (SSSR count). The Bertz CT molecular complexity index is 1660. The van der Waals surface area contributed by atoms with Crippen LogP contribution in [0.25, 0.3) is 11.1 Å². The van der Waals surface area contributed by atoms with Gasteiger partial charge in [-0.05, 0) is 58.7 Å². The van der Waals surface area contributed by atoms with Gasteiger partial charge < -0.3 is 15.7 Å². The molecule has 1 atom stereocenters. The summed E-state index contributed by atoms with van der Waals surface area (Å²) in [5, 5.41) is 14.5. The van der Waals surface area contributed by atoms with Crippen molar-refractivity contribution in [3.63, 3.8) is 0 Å². The normalized spacial score (nSPS) is 12.4. The predicted molar refractivity (Wildman–Crippen MR) is 151 cm³/mol. The summed E-state index contributed by atoms with van der Waals surface area (Å²) in [5.41, 5.74) is 1.73. The molecule has 4 aromatic rings. The monoisotopic (exact) mass is 597 g/mol. The summed E-state index contributed by atoms with van der Waals surface area (Å²) >= 11 is 0. The summed E-state index contributed by atoms with van der Waals surface area (Å²) in [5.74, 6) is -1.16. The quantitative estimate of drug-likeness (QED) is 0.174. The van der Waals surface area contributed by atoms with Crippen LogP contribution in [0.1, 0.15) is 29.2 Å². The Balaban J connectivity index is 1.45. The maximum absolute atomic E-state index is 13.2. The van der Waals surface area contributed by atoms with Crippen molar-refractivity contribution in [1.29, 1.82) is 0 Å². The highest BCUT2D eigenvalue weighted by Gasteiger charge is 2.30. The fraction of sp³-hybridized carbons (Fsp3) is 0.133. The van der Waals surface area contributed by atoms with Crippen molar-refractivity contribution in [1.82, 2.24) is 10.0 Å². The molecule has 0 fully saturated rings. The third-order valence-corrected chi connectivity index (χ3v) is 7.68. The summed E-state index contributed by atoms with van der Waals surface area (Å²) in [4.78, 5) is 23.7. The van der Waals surface area contributed by atoms with Gasteiger partial charge in [0, 0.05) is 12.2 Å². The number of nitrogens with one attached hydrogen (secondary N) is 3. The van der Waals surface area contributed by atoms with Crippen molar-refractivity contribution >= 4 is 27.7 Å². The zero-order chi connectivity index (χ0) is 30.3. The van der Waals surface area contributed by atoms with E-state index in [2.05, 4.69) is 15.4 Å². The molecule has 218 valence electrons. The van der Waals surface area contributed by atoms with Gasteiger partial charge >= 0.3 is 18.2 Å². The molecule has 0 aliphatic heterocycles. The first-order valence-corrected chi connectivity index (χ1v) is 14.1. The number of carbonyl (C=O) groups excluding carboxylic acids is 1. The van der Waals surface area contributed by atoms with Crippen LogP contribution in [0.4, 0.5) is 23.7 Å². The van der Waals surface area contributed by atoms with Gasteiger partial charge in [-0.3, -0.25) is 4.79 Å². The number of carboxylic acids is 1. The summed E-state index contributed by atoms with van der Waals surface area (Å²) in [6, 6.07) is 24.0. The highest BCUT2D eigenvalue weighted by Crippen LogP contribution is 2.29. The minimum absolute atomic E-state index is 0.00240. The fourth-order valence-corrected chi connectivity index (χ4v) is 5.40. The maximum Gasteiger partial charge on any atom is 0.416 e. The van der Waals surface area contributed by atoms with E-state index in [4.69, 9.17) is 0 Å². The van der Waals surface area contributed by atoms with Crippen LogP contribution in [0.2, 0.25) is 0 Å². The number of carbonyl (C=O) groups is 2. The lowest BCUT2D eigenvalue weighted by atomic mass is 10.1. The van der Waals surface area contributed by atoms with E-state index >= 15 is 0 Å². The summed E-state index contributed by atoms with van der Waals surface area (Å²) in [6.45, 7) is 0.00240. The molecule has 0 radical (unpaired) electrons. The molecule has 12 heteroatoms. The first kappa shape index (κ1) is 30.3. The standard InChI is InChI=1S/C30H26F3N3O5S/c31-30(32,33)24-14-12-20(13-15-24)19-34-29(39)35-25-10-4-8-22(16-25)23-9-5-11-26(17-23)42(40,41)36-27(18-28(37)38)21-6-2-1-3-7-21/h1-17,27,36H,18-19H2,(H,37,38)(H2,34,35,39)/t27-/m1/s1. The topological polar surface area (TPSA) is 125 Å². The lowest BCUT2D eigenvalue weighted by molar-refractivity contribution is -0.138. The Morgan fingerprint density at radius 3 is 2.10 bits per heavy atom. The molecule has 4 aromatic carbocycles. The number of amides is 2. The van der Waals surface area contributed by atoms with Gasteiger partial charge in [0.1, 0.15) is 0 Å². The molecule has 0 heterocycles. The number of rotatable bonds is 10. The van der Waals surface area contributed by atoms with Crippen LogP contribution in [-0.4, -0.2) is 25.5 Å². The zero-order valence-corrected chi connectivity index (χ0v) is 22.7. The molecule has 0 spiro atoms. The number of carboxylic acid groups (broad SMARTS) is 1. The predicted octanol–water partition coefficient (Wildman–Crippen LogP) is 6.19. The third-order valence-electron chi connectivity index (χ3n) is 6.21. The second kappa shape index (κ2) is 12.9. The van der Waals surface area contributed by atoms with Crippen molar-refractivity contribution in [2.75, 3.05) is 5.32 Å². The van der Waals surface area contributed by atoms with Crippen LogP contribution in [-0.2, 0) is 27.5 Å². The van der Waals surface area contributed by atoms with E-state index in [1.54, 1.807) is 66.7 Å². The maximum atomic E-state index is 13.2. The first-order chi connectivity index (χ1) is 19.9. The first-order valence-electron chi connectivity index (χ1n) is 12.6. The van der Waals surface area contributed by atoms with Gasteiger partial charge in [-0.15, -0.1) is 0 Å². The molecule has 0 aliphatic rings. The van der Waals surface area contributed by atoms with Gasteiger partial charge in [0.15, 0.2) is 0 Å². The van der Waals surface area contributed by atoms with E-state index in [9.17, 15) is 36.3 Å². The molecule has 0 aromatic heterocycles. The number of urea groups is 1. The molecular formula is C30H26F3N3O5S. The number of anilines is 1. The lowest BCUT2D eigenvalue weighted by Gasteiger charge is -2.18. The SMILES string of the molecule is O=C(O)C[C@@H](NS(=O)(=O)c1cccc(-c2cccc(NC(=O)NCc3ccc(C(F)(F)F)cc3)c2)c1)c1ccccc1. The summed E-state index contributed by atoms with van der Waals surface area (Å²) < 4.78 is 67.1. The van der Waals surface area contributed by atoms with Crippen LogP contribution >= 0.6 is 0 Å². The summed E-state index contributed by atoms with van der Waals surface area (Å²) in [7, 11) is -4.11. The number of aliphatic carboxylic acids is 1. The molecule has 8 nitrogen and oxygen atoms in total. The lowest BCUT2D eigenvalue weighted by Crippen LogP contribution is -2.30. The van der Waals surface area contributed by atoms with E-state index in [0.717, 1.165) is 12.1 Å². The highest BCUT2D eigenvalue weighted by molar-refractivity contribution is 7.89. The number of halogens is 3. The number of benzene rings is 4. The minimum atomic E-state index is -4.44.